The van der Waals surface area contributed by atoms with E-state index in [9.17, 15) is 9.59 Å². The molecule has 138 valence electrons. The van der Waals surface area contributed by atoms with Gasteiger partial charge in [0.05, 0.1) is 18.4 Å². The number of hydrogen-bond donors (Lipinski definition) is 1. The van der Waals surface area contributed by atoms with Crippen molar-refractivity contribution in [3.05, 3.63) is 59.2 Å². The van der Waals surface area contributed by atoms with Crippen LogP contribution in [-0.2, 0) is 14.9 Å². The lowest BCUT2D eigenvalue weighted by molar-refractivity contribution is -0.119. The molecule has 2 aromatic carbocycles. The molecule has 5 heteroatoms. The number of ether oxygens (including phenoxy) is 2. The largest absolute Gasteiger partial charge is 0.495 e. The molecule has 0 unspecified atom stereocenters. The predicted octanol–water partition coefficient (Wildman–Crippen LogP) is 4.10. The molecular formula is C21H25NO4. The molecule has 0 fully saturated rings. The van der Waals surface area contributed by atoms with E-state index in [1.165, 1.54) is 7.11 Å². The monoisotopic (exact) mass is 355 g/mol. The third-order valence-corrected chi connectivity index (χ3v) is 3.95. The van der Waals surface area contributed by atoms with Crippen LogP contribution in [-0.4, -0.2) is 25.6 Å². The SMILES string of the molecule is COc1ccc(C)cc1NC(=O)COC(=O)c1ccc(C(C)(C)C)cc1. The van der Waals surface area contributed by atoms with Crippen LogP contribution in [0.4, 0.5) is 5.69 Å². The molecule has 0 saturated heterocycles. The maximum Gasteiger partial charge on any atom is 0.338 e. The number of rotatable bonds is 5. The van der Waals surface area contributed by atoms with E-state index in [-0.39, 0.29) is 12.0 Å². The first kappa shape index (κ1) is 19.5. The van der Waals surface area contributed by atoms with Crippen LogP contribution in [0.3, 0.4) is 0 Å². The summed E-state index contributed by atoms with van der Waals surface area (Å²) >= 11 is 0. The Morgan fingerprint density at radius 1 is 1.04 bits per heavy atom. The number of amides is 1. The van der Waals surface area contributed by atoms with Crippen molar-refractivity contribution in [1.82, 2.24) is 0 Å². The lowest BCUT2D eigenvalue weighted by Gasteiger charge is -2.18. The van der Waals surface area contributed by atoms with Crippen molar-refractivity contribution in [3.8, 4) is 5.75 Å². The average molecular weight is 355 g/mol. The molecule has 0 radical (unpaired) electrons. The Kier molecular flexibility index (Phi) is 6.03. The van der Waals surface area contributed by atoms with Crippen molar-refractivity contribution in [2.45, 2.75) is 33.1 Å². The molecule has 0 saturated carbocycles. The van der Waals surface area contributed by atoms with Crippen molar-refractivity contribution >= 4 is 17.6 Å². The first-order chi connectivity index (χ1) is 12.2. The highest BCUT2D eigenvalue weighted by molar-refractivity contribution is 5.96. The van der Waals surface area contributed by atoms with Gasteiger partial charge in [-0.1, -0.05) is 39.0 Å². The second-order valence-electron chi connectivity index (χ2n) is 7.16. The van der Waals surface area contributed by atoms with Gasteiger partial charge in [-0.05, 0) is 47.7 Å². The third-order valence-electron chi connectivity index (χ3n) is 3.95. The van der Waals surface area contributed by atoms with Crippen LogP contribution in [0.2, 0.25) is 0 Å². The number of carbonyl (C=O) groups is 2. The zero-order valence-electron chi connectivity index (χ0n) is 15.9. The molecule has 26 heavy (non-hydrogen) atoms. The minimum Gasteiger partial charge on any atom is -0.495 e. The van der Waals surface area contributed by atoms with Gasteiger partial charge in [-0.15, -0.1) is 0 Å². The van der Waals surface area contributed by atoms with Crippen molar-refractivity contribution in [1.29, 1.82) is 0 Å². The van der Waals surface area contributed by atoms with E-state index < -0.39 is 11.9 Å². The van der Waals surface area contributed by atoms with Crippen LogP contribution in [0.5, 0.6) is 5.75 Å². The van der Waals surface area contributed by atoms with Gasteiger partial charge in [-0.3, -0.25) is 4.79 Å². The molecule has 0 heterocycles. The van der Waals surface area contributed by atoms with E-state index in [1.54, 1.807) is 24.3 Å². The Bertz CT molecular complexity index is 789. The maximum atomic E-state index is 12.1. The summed E-state index contributed by atoms with van der Waals surface area (Å²) in [7, 11) is 1.53. The van der Waals surface area contributed by atoms with Gasteiger partial charge >= 0.3 is 5.97 Å². The Labute approximate surface area is 154 Å². The maximum absolute atomic E-state index is 12.1. The number of carbonyl (C=O) groups excluding carboxylic acids is 2. The number of anilines is 1. The summed E-state index contributed by atoms with van der Waals surface area (Å²) in [5.74, 6) is -0.404. The van der Waals surface area contributed by atoms with Gasteiger partial charge in [-0.25, -0.2) is 4.79 Å². The van der Waals surface area contributed by atoms with Crippen LogP contribution < -0.4 is 10.1 Å². The highest BCUT2D eigenvalue weighted by Crippen LogP contribution is 2.25. The smallest absolute Gasteiger partial charge is 0.338 e. The molecule has 5 nitrogen and oxygen atoms in total. The summed E-state index contributed by atoms with van der Waals surface area (Å²) in [4.78, 5) is 24.2. The molecule has 0 bridgehead atoms. The van der Waals surface area contributed by atoms with Crippen LogP contribution >= 0.6 is 0 Å². The quantitative estimate of drug-likeness (QED) is 0.820. The first-order valence-electron chi connectivity index (χ1n) is 8.43. The van der Waals surface area contributed by atoms with Gasteiger partial charge in [0.25, 0.3) is 5.91 Å². The Hall–Kier alpha value is -2.82. The predicted molar refractivity (Wildman–Crippen MR) is 102 cm³/mol. The van der Waals surface area contributed by atoms with Crippen LogP contribution in [0.1, 0.15) is 42.3 Å². The number of hydrogen-bond acceptors (Lipinski definition) is 4. The molecule has 1 amide bonds. The van der Waals surface area contributed by atoms with Gasteiger partial charge in [0, 0.05) is 0 Å². The summed E-state index contributed by atoms with van der Waals surface area (Å²) < 4.78 is 10.3. The summed E-state index contributed by atoms with van der Waals surface area (Å²) in [6, 6.07) is 12.7. The van der Waals surface area contributed by atoms with E-state index in [2.05, 4.69) is 26.1 Å². The lowest BCUT2D eigenvalue weighted by atomic mass is 9.87. The summed E-state index contributed by atoms with van der Waals surface area (Å²) in [6.07, 6.45) is 0. The molecule has 0 atom stereocenters. The first-order valence-corrected chi connectivity index (χ1v) is 8.43. The zero-order chi connectivity index (χ0) is 19.3. The molecule has 0 aliphatic rings. The van der Waals surface area contributed by atoms with Crippen LogP contribution in [0.15, 0.2) is 42.5 Å². The molecule has 0 aliphatic heterocycles. The fourth-order valence-corrected chi connectivity index (χ4v) is 2.43. The molecule has 2 rings (SSSR count). The van der Waals surface area contributed by atoms with E-state index in [1.807, 2.05) is 25.1 Å². The Morgan fingerprint density at radius 2 is 1.69 bits per heavy atom. The van der Waals surface area contributed by atoms with E-state index in [0.29, 0.717) is 17.0 Å². The molecule has 2 aromatic rings. The number of methoxy groups -OCH3 is 1. The Balaban J connectivity index is 1.95. The molecule has 0 aliphatic carbocycles. The van der Waals surface area contributed by atoms with Crippen LogP contribution in [0, 0.1) is 6.92 Å². The number of aryl methyl sites for hydroxylation is 1. The molecule has 1 N–H and O–H groups in total. The number of benzene rings is 2. The van der Waals surface area contributed by atoms with Gasteiger partial charge in [-0.2, -0.15) is 0 Å². The van der Waals surface area contributed by atoms with Crippen molar-refractivity contribution < 1.29 is 19.1 Å². The Morgan fingerprint density at radius 3 is 2.27 bits per heavy atom. The second kappa shape index (κ2) is 8.04. The normalized spacial score (nSPS) is 11.0. The fourth-order valence-electron chi connectivity index (χ4n) is 2.43. The third kappa shape index (κ3) is 5.09. The van der Waals surface area contributed by atoms with Gasteiger partial charge in [0.1, 0.15) is 5.75 Å². The molecule has 0 aromatic heterocycles. The van der Waals surface area contributed by atoms with Gasteiger partial charge in [0.2, 0.25) is 0 Å². The van der Waals surface area contributed by atoms with Crippen LogP contribution in [0.25, 0.3) is 0 Å². The second-order valence-corrected chi connectivity index (χ2v) is 7.16. The molecule has 0 spiro atoms. The minimum absolute atomic E-state index is 0.00912. The van der Waals surface area contributed by atoms with E-state index in [0.717, 1.165) is 11.1 Å². The summed E-state index contributed by atoms with van der Waals surface area (Å²) in [5, 5.41) is 2.70. The van der Waals surface area contributed by atoms with Crippen molar-refractivity contribution in [2.75, 3.05) is 19.0 Å². The topological polar surface area (TPSA) is 64.6 Å². The van der Waals surface area contributed by atoms with Gasteiger partial charge < -0.3 is 14.8 Å². The average Bonchev–Trinajstić information content (AvgIpc) is 2.59. The number of nitrogens with one attached hydrogen (secondary N) is 1. The zero-order valence-corrected chi connectivity index (χ0v) is 15.9. The highest BCUT2D eigenvalue weighted by Gasteiger charge is 2.16. The van der Waals surface area contributed by atoms with E-state index >= 15 is 0 Å². The highest BCUT2D eigenvalue weighted by atomic mass is 16.5. The fraction of sp³-hybridized carbons (Fsp3) is 0.333. The van der Waals surface area contributed by atoms with Crippen molar-refractivity contribution in [3.63, 3.8) is 0 Å². The van der Waals surface area contributed by atoms with Gasteiger partial charge in [0.15, 0.2) is 6.61 Å². The summed E-state index contributed by atoms with van der Waals surface area (Å²) in [5.41, 5.74) is 3.08. The summed E-state index contributed by atoms with van der Waals surface area (Å²) in [6.45, 7) is 7.85. The standard InChI is InChI=1S/C21H25NO4/c1-14-6-11-18(25-5)17(12-14)22-19(23)13-26-20(24)15-7-9-16(10-8-15)21(2,3)4/h6-12H,13H2,1-5H3,(H,22,23). The van der Waals surface area contributed by atoms with Crippen molar-refractivity contribution in [2.24, 2.45) is 0 Å². The number of esters is 1. The van der Waals surface area contributed by atoms with E-state index in [4.69, 9.17) is 9.47 Å². The lowest BCUT2D eigenvalue weighted by Crippen LogP contribution is -2.21. The minimum atomic E-state index is -0.531. The molecular weight excluding hydrogens is 330 g/mol.